The molecule has 0 N–H and O–H groups in total. The molecule has 3 aromatic rings. The molecule has 1 aromatic carbocycles. The predicted molar refractivity (Wildman–Crippen MR) is 220 cm³/mol. The molecule has 0 aliphatic carbocycles. The van der Waals surface area contributed by atoms with Crippen molar-refractivity contribution in [1.29, 1.82) is 0 Å². The Labute approximate surface area is 330 Å². The normalized spacial score (nSPS) is 14.2. The van der Waals surface area contributed by atoms with E-state index in [-0.39, 0.29) is 34.8 Å². The summed E-state index contributed by atoms with van der Waals surface area (Å²) in [5.74, 6) is -0.137. The second-order valence-corrected chi connectivity index (χ2v) is 17.2. The molecule has 2 aromatic heterocycles. The lowest BCUT2D eigenvalue weighted by atomic mass is 10.0. The SMILES string of the molecule is CCCCCCCCCCCCCCCCCCCC(=O)On1c(-c2cc(S(=O)(=O)N3CCN(C)CC3)ccc2OCC)nc(=O)c2c1c(CCC)nn2C. The number of benzene rings is 1. The number of rotatable bonds is 26. The van der Waals surface area contributed by atoms with Gasteiger partial charge >= 0.3 is 5.97 Å². The van der Waals surface area contributed by atoms with E-state index < -0.39 is 21.6 Å². The van der Waals surface area contributed by atoms with E-state index in [0.717, 1.165) is 25.7 Å². The van der Waals surface area contributed by atoms with Crippen LogP contribution in [0.3, 0.4) is 0 Å². The fourth-order valence-electron chi connectivity index (χ4n) is 7.43. The summed E-state index contributed by atoms with van der Waals surface area (Å²) in [4.78, 5) is 39.8. The van der Waals surface area contributed by atoms with Crippen molar-refractivity contribution in [3.63, 3.8) is 0 Å². The predicted octanol–water partition coefficient (Wildman–Crippen LogP) is 8.08. The van der Waals surface area contributed by atoms with Crippen LogP contribution in [0.15, 0.2) is 27.9 Å². The molecule has 1 saturated heterocycles. The topological polar surface area (TPSA) is 129 Å². The molecule has 308 valence electrons. The van der Waals surface area contributed by atoms with Gasteiger partial charge in [-0.1, -0.05) is 123 Å². The van der Waals surface area contributed by atoms with Gasteiger partial charge in [-0.3, -0.25) is 9.48 Å². The van der Waals surface area contributed by atoms with Gasteiger partial charge < -0.3 is 14.5 Å². The Morgan fingerprint density at radius 1 is 0.745 bits per heavy atom. The fraction of sp³-hybridized carbons (Fsp3) is 0.714. The molecule has 0 bridgehead atoms. The maximum absolute atomic E-state index is 13.8. The van der Waals surface area contributed by atoms with Crippen LogP contribution in [0.4, 0.5) is 0 Å². The maximum atomic E-state index is 13.8. The average Bonchev–Trinajstić information content (AvgIpc) is 3.50. The van der Waals surface area contributed by atoms with Gasteiger partial charge in [-0.05, 0) is 45.0 Å². The van der Waals surface area contributed by atoms with Gasteiger partial charge in [0.25, 0.3) is 5.56 Å². The molecule has 0 saturated carbocycles. The van der Waals surface area contributed by atoms with Crippen molar-refractivity contribution in [2.45, 2.75) is 154 Å². The highest BCUT2D eigenvalue weighted by molar-refractivity contribution is 7.89. The van der Waals surface area contributed by atoms with Crippen LogP contribution in [0.25, 0.3) is 22.4 Å². The minimum absolute atomic E-state index is 0.00232. The molecule has 0 unspecified atom stereocenters. The van der Waals surface area contributed by atoms with Crippen LogP contribution >= 0.6 is 0 Å². The third-order valence-electron chi connectivity index (χ3n) is 10.7. The van der Waals surface area contributed by atoms with Gasteiger partial charge in [0.1, 0.15) is 11.3 Å². The molecule has 0 radical (unpaired) electrons. The molecular formula is C42H68N6O6S. The number of fused-ring (bicyclic) bond motifs is 1. The number of hydrogen-bond donors (Lipinski definition) is 0. The largest absolute Gasteiger partial charge is 0.493 e. The molecule has 0 spiro atoms. The van der Waals surface area contributed by atoms with Crippen molar-refractivity contribution in [2.24, 2.45) is 7.05 Å². The summed E-state index contributed by atoms with van der Waals surface area (Å²) in [6.07, 6.45) is 22.8. The van der Waals surface area contributed by atoms with Gasteiger partial charge in [0.2, 0.25) is 10.0 Å². The molecule has 1 aliphatic rings. The maximum Gasteiger partial charge on any atom is 0.333 e. The summed E-state index contributed by atoms with van der Waals surface area (Å²) in [5.41, 5.74) is 0.831. The number of sulfonamides is 1. The molecule has 1 fully saturated rings. The number of carbonyl (C=O) groups is 1. The fourth-order valence-corrected chi connectivity index (χ4v) is 8.88. The van der Waals surface area contributed by atoms with E-state index in [1.54, 1.807) is 13.1 Å². The van der Waals surface area contributed by atoms with Gasteiger partial charge in [-0.2, -0.15) is 19.1 Å². The van der Waals surface area contributed by atoms with Crippen molar-refractivity contribution < 1.29 is 22.8 Å². The summed E-state index contributed by atoms with van der Waals surface area (Å²) >= 11 is 0. The van der Waals surface area contributed by atoms with Crippen molar-refractivity contribution in [3.8, 4) is 17.1 Å². The lowest BCUT2D eigenvalue weighted by Crippen LogP contribution is -2.47. The summed E-state index contributed by atoms with van der Waals surface area (Å²) in [6.45, 7) is 8.36. The van der Waals surface area contributed by atoms with Crippen LogP contribution in [0.2, 0.25) is 0 Å². The number of likely N-dealkylation sites (N-methyl/N-ethyl adjacent to an activating group) is 1. The molecule has 12 nitrogen and oxygen atoms in total. The zero-order valence-electron chi connectivity index (χ0n) is 34.5. The first-order valence-electron chi connectivity index (χ1n) is 21.3. The first kappa shape index (κ1) is 44.4. The van der Waals surface area contributed by atoms with E-state index in [4.69, 9.17) is 9.57 Å². The van der Waals surface area contributed by atoms with E-state index in [0.29, 0.717) is 56.0 Å². The third kappa shape index (κ3) is 12.9. The van der Waals surface area contributed by atoms with Gasteiger partial charge in [0.15, 0.2) is 11.3 Å². The number of aromatic nitrogens is 4. The number of nitrogens with zero attached hydrogens (tertiary/aromatic N) is 6. The lowest BCUT2D eigenvalue weighted by Gasteiger charge is -2.31. The van der Waals surface area contributed by atoms with Crippen LogP contribution in [0.1, 0.15) is 148 Å². The Bertz CT molecular complexity index is 1800. The second kappa shape index (κ2) is 23.1. The van der Waals surface area contributed by atoms with Crippen LogP contribution in [-0.2, 0) is 28.3 Å². The first-order chi connectivity index (χ1) is 26.6. The minimum Gasteiger partial charge on any atom is -0.493 e. The van der Waals surface area contributed by atoms with Gasteiger partial charge in [0.05, 0.1) is 22.8 Å². The minimum atomic E-state index is -3.87. The van der Waals surface area contributed by atoms with Crippen LogP contribution in [-0.4, -0.2) is 82.9 Å². The summed E-state index contributed by atoms with van der Waals surface area (Å²) in [6, 6.07) is 4.57. The number of hydrogen-bond acceptors (Lipinski definition) is 9. The zero-order valence-corrected chi connectivity index (χ0v) is 35.3. The first-order valence-corrected chi connectivity index (χ1v) is 22.7. The standard InChI is InChI=1S/C42H68N6O6S/c1-6-9-10-11-12-13-14-15-16-17-18-19-20-21-22-23-24-26-38(49)54-48-39-36(25-7-2)44-46(5)40(39)42(50)43-41(48)35-33-34(27-28-37(35)53-8-3)55(51,52)47-31-29-45(4)30-32-47/h27-28,33H,6-26,29-32H2,1-5H3. The monoisotopic (exact) mass is 784 g/mol. The summed E-state index contributed by atoms with van der Waals surface area (Å²) in [7, 11) is -0.237. The van der Waals surface area contributed by atoms with Crippen LogP contribution in [0.5, 0.6) is 5.75 Å². The number of ether oxygens (including phenoxy) is 1. The van der Waals surface area contributed by atoms with Crippen molar-refractivity contribution in [3.05, 3.63) is 34.2 Å². The number of aryl methyl sites for hydroxylation is 2. The molecule has 0 amide bonds. The molecule has 0 atom stereocenters. The lowest BCUT2D eigenvalue weighted by molar-refractivity contribution is -0.143. The third-order valence-corrected chi connectivity index (χ3v) is 12.5. The van der Waals surface area contributed by atoms with Crippen LogP contribution < -0.4 is 15.1 Å². The summed E-state index contributed by atoms with van der Waals surface area (Å²) < 4.78 is 37.9. The molecule has 13 heteroatoms. The smallest absolute Gasteiger partial charge is 0.333 e. The molecule has 4 rings (SSSR count). The number of carbonyl (C=O) groups excluding carboxylic acids is 1. The van der Waals surface area contributed by atoms with E-state index in [1.807, 2.05) is 20.9 Å². The molecule has 55 heavy (non-hydrogen) atoms. The number of piperazine rings is 1. The van der Waals surface area contributed by atoms with Gasteiger partial charge in [-0.25, -0.2) is 13.2 Å². The van der Waals surface area contributed by atoms with Crippen molar-refractivity contribution in [2.75, 3.05) is 39.8 Å². The van der Waals surface area contributed by atoms with Gasteiger partial charge in [-0.15, -0.1) is 0 Å². The van der Waals surface area contributed by atoms with E-state index in [9.17, 15) is 18.0 Å². The van der Waals surface area contributed by atoms with Crippen LogP contribution in [0, 0.1) is 0 Å². The van der Waals surface area contributed by atoms with Crippen molar-refractivity contribution >= 4 is 27.0 Å². The second-order valence-electron chi connectivity index (χ2n) is 15.2. The van der Waals surface area contributed by atoms with E-state index in [1.165, 1.54) is 109 Å². The Morgan fingerprint density at radius 3 is 1.85 bits per heavy atom. The average molecular weight is 785 g/mol. The highest BCUT2D eigenvalue weighted by Gasteiger charge is 2.30. The Kier molecular flexibility index (Phi) is 18.6. The quantitative estimate of drug-likeness (QED) is 0.0742. The summed E-state index contributed by atoms with van der Waals surface area (Å²) in [5, 5.41) is 4.60. The zero-order chi connectivity index (χ0) is 39.6. The highest BCUT2D eigenvalue weighted by Crippen LogP contribution is 2.34. The highest BCUT2D eigenvalue weighted by atomic mass is 32.2. The molecule has 3 heterocycles. The Balaban J connectivity index is 1.41. The van der Waals surface area contributed by atoms with E-state index >= 15 is 0 Å². The number of unbranched alkanes of at least 4 members (excludes halogenated alkanes) is 16. The Hall–Kier alpha value is -3.29. The van der Waals surface area contributed by atoms with Gasteiger partial charge in [0, 0.05) is 39.6 Å². The molecule has 1 aliphatic heterocycles. The Morgan fingerprint density at radius 2 is 1.31 bits per heavy atom. The molecular weight excluding hydrogens is 717 g/mol. The van der Waals surface area contributed by atoms with Crippen molar-refractivity contribution in [1.82, 2.24) is 28.7 Å². The van der Waals surface area contributed by atoms with E-state index in [2.05, 4.69) is 21.9 Å².